The molecule has 21 heavy (non-hydrogen) atoms. The van der Waals surface area contributed by atoms with Crippen LogP contribution in [0.4, 0.5) is 5.13 Å². The van der Waals surface area contributed by atoms with Crippen LogP contribution in [0, 0.1) is 6.92 Å². The maximum Gasteiger partial charge on any atom is 0.251 e. The summed E-state index contributed by atoms with van der Waals surface area (Å²) in [4.78, 5) is 28.5. The number of nitrogens with one attached hydrogen (secondary N) is 2. The van der Waals surface area contributed by atoms with E-state index in [1.54, 1.807) is 30.5 Å². The number of hydrogen-bond acceptors (Lipinski definition) is 4. The van der Waals surface area contributed by atoms with Gasteiger partial charge in [0, 0.05) is 34.6 Å². The Labute approximate surface area is 131 Å². The van der Waals surface area contributed by atoms with E-state index in [-0.39, 0.29) is 24.8 Å². The lowest BCUT2D eigenvalue weighted by atomic mass is 10.2. The van der Waals surface area contributed by atoms with E-state index in [0.29, 0.717) is 15.7 Å². The van der Waals surface area contributed by atoms with Crippen LogP contribution in [0.25, 0.3) is 0 Å². The highest BCUT2D eigenvalue weighted by molar-refractivity contribution is 7.15. The second-order valence-electron chi connectivity index (χ2n) is 4.34. The molecule has 0 bridgehead atoms. The number of carbonyl (C=O) groups excluding carboxylic acids is 2. The average Bonchev–Trinajstić information content (AvgIpc) is 2.84. The van der Waals surface area contributed by atoms with Gasteiger partial charge >= 0.3 is 0 Å². The summed E-state index contributed by atoms with van der Waals surface area (Å²) >= 11 is 7.16. The number of aryl methyl sites for hydroxylation is 1. The summed E-state index contributed by atoms with van der Waals surface area (Å²) in [6.07, 6.45) is 1.89. The summed E-state index contributed by atoms with van der Waals surface area (Å²) in [5, 5.41) is 6.51. The van der Waals surface area contributed by atoms with E-state index in [4.69, 9.17) is 11.6 Å². The Morgan fingerprint density at radius 3 is 2.62 bits per heavy atom. The van der Waals surface area contributed by atoms with Gasteiger partial charge in [0.2, 0.25) is 5.91 Å². The molecule has 0 aliphatic carbocycles. The zero-order valence-electron chi connectivity index (χ0n) is 11.4. The first-order valence-corrected chi connectivity index (χ1v) is 7.50. The summed E-state index contributed by atoms with van der Waals surface area (Å²) in [7, 11) is 0. The molecule has 0 saturated carbocycles. The largest absolute Gasteiger partial charge is 0.352 e. The SMILES string of the molecule is Cc1cnc(NC(=O)CCNC(=O)c2ccc(Cl)cc2)s1. The highest BCUT2D eigenvalue weighted by Crippen LogP contribution is 2.16. The van der Waals surface area contributed by atoms with Crippen LogP contribution < -0.4 is 10.6 Å². The quantitative estimate of drug-likeness (QED) is 0.888. The van der Waals surface area contributed by atoms with Crippen LogP contribution in [-0.2, 0) is 4.79 Å². The van der Waals surface area contributed by atoms with Gasteiger partial charge in [-0.05, 0) is 31.2 Å². The van der Waals surface area contributed by atoms with Crippen LogP contribution in [0.5, 0.6) is 0 Å². The van der Waals surface area contributed by atoms with Crippen molar-refractivity contribution < 1.29 is 9.59 Å². The maximum atomic E-state index is 11.8. The van der Waals surface area contributed by atoms with E-state index >= 15 is 0 Å². The highest BCUT2D eigenvalue weighted by Gasteiger charge is 2.08. The topological polar surface area (TPSA) is 71.1 Å². The summed E-state index contributed by atoms with van der Waals surface area (Å²) in [6.45, 7) is 2.18. The molecule has 1 aromatic heterocycles. The maximum absolute atomic E-state index is 11.8. The summed E-state index contributed by atoms with van der Waals surface area (Å²) in [5.41, 5.74) is 0.510. The molecule has 0 radical (unpaired) electrons. The number of rotatable bonds is 5. The number of aromatic nitrogens is 1. The third-order valence-corrected chi connectivity index (χ3v) is 3.69. The van der Waals surface area contributed by atoms with E-state index in [2.05, 4.69) is 15.6 Å². The fourth-order valence-electron chi connectivity index (χ4n) is 1.59. The predicted octanol–water partition coefficient (Wildman–Crippen LogP) is 2.86. The Bertz CT molecular complexity index is 640. The van der Waals surface area contributed by atoms with E-state index in [1.807, 2.05) is 6.92 Å². The number of benzene rings is 1. The summed E-state index contributed by atoms with van der Waals surface area (Å²) < 4.78 is 0. The molecular formula is C14H14ClN3O2S. The van der Waals surface area contributed by atoms with E-state index in [9.17, 15) is 9.59 Å². The Balaban J connectivity index is 1.74. The van der Waals surface area contributed by atoms with Gasteiger partial charge in [-0.2, -0.15) is 0 Å². The monoisotopic (exact) mass is 323 g/mol. The van der Waals surface area contributed by atoms with Gasteiger partial charge in [0.1, 0.15) is 0 Å². The number of carbonyl (C=O) groups is 2. The number of thiazole rings is 1. The van der Waals surface area contributed by atoms with Crippen molar-refractivity contribution in [3.05, 3.63) is 45.9 Å². The Kier molecular flexibility index (Phi) is 5.30. The molecule has 0 aliphatic rings. The molecule has 0 saturated heterocycles. The molecule has 2 aromatic rings. The normalized spacial score (nSPS) is 10.2. The van der Waals surface area contributed by atoms with Gasteiger partial charge < -0.3 is 10.6 Å². The molecule has 1 aromatic carbocycles. The van der Waals surface area contributed by atoms with Crippen LogP contribution in [0.3, 0.4) is 0 Å². The van der Waals surface area contributed by atoms with Crippen molar-refractivity contribution in [2.75, 3.05) is 11.9 Å². The first-order chi connectivity index (χ1) is 10.0. The van der Waals surface area contributed by atoms with Crippen LogP contribution in [0.15, 0.2) is 30.5 Å². The number of halogens is 1. The van der Waals surface area contributed by atoms with Crippen LogP contribution in [-0.4, -0.2) is 23.3 Å². The smallest absolute Gasteiger partial charge is 0.251 e. The molecule has 2 rings (SSSR count). The van der Waals surface area contributed by atoms with Crippen molar-refractivity contribution in [1.29, 1.82) is 0 Å². The van der Waals surface area contributed by atoms with Crippen LogP contribution >= 0.6 is 22.9 Å². The van der Waals surface area contributed by atoms with Gasteiger partial charge in [0.15, 0.2) is 5.13 Å². The van der Waals surface area contributed by atoms with Crippen LogP contribution in [0.1, 0.15) is 21.7 Å². The Morgan fingerprint density at radius 1 is 1.29 bits per heavy atom. The molecule has 0 aliphatic heterocycles. The van der Waals surface area contributed by atoms with Gasteiger partial charge in [-0.1, -0.05) is 11.6 Å². The fourth-order valence-corrected chi connectivity index (χ4v) is 2.39. The molecule has 2 N–H and O–H groups in total. The minimum absolute atomic E-state index is 0.180. The van der Waals surface area contributed by atoms with Gasteiger partial charge in [-0.3, -0.25) is 9.59 Å². The lowest BCUT2D eigenvalue weighted by Crippen LogP contribution is -2.27. The Morgan fingerprint density at radius 2 is 2.00 bits per heavy atom. The molecule has 0 unspecified atom stereocenters. The van der Waals surface area contributed by atoms with Crippen molar-refractivity contribution in [2.45, 2.75) is 13.3 Å². The number of anilines is 1. The lowest BCUT2D eigenvalue weighted by molar-refractivity contribution is -0.116. The van der Waals surface area contributed by atoms with Crippen molar-refractivity contribution >= 4 is 39.9 Å². The zero-order valence-corrected chi connectivity index (χ0v) is 12.9. The van der Waals surface area contributed by atoms with E-state index in [0.717, 1.165) is 4.88 Å². The molecule has 0 fully saturated rings. The number of hydrogen-bond donors (Lipinski definition) is 2. The second kappa shape index (κ2) is 7.19. The lowest BCUT2D eigenvalue weighted by Gasteiger charge is -2.05. The van der Waals surface area contributed by atoms with Crippen molar-refractivity contribution in [3.63, 3.8) is 0 Å². The molecular weight excluding hydrogens is 310 g/mol. The first-order valence-electron chi connectivity index (χ1n) is 6.30. The molecule has 1 heterocycles. The third kappa shape index (κ3) is 4.84. The molecule has 110 valence electrons. The second-order valence-corrected chi connectivity index (χ2v) is 6.01. The molecule has 0 atom stereocenters. The molecule has 0 spiro atoms. The minimum atomic E-state index is -0.232. The predicted molar refractivity (Wildman–Crippen MR) is 83.9 cm³/mol. The summed E-state index contributed by atoms with van der Waals surface area (Å²) in [5.74, 6) is -0.412. The molecule has 5 nitrogen and oxygen atoms in total. The standard InChI is InChI=1S/C14H14ClN3O2S/c1-9-8-17-14(21-9)18-12(19)6-7-16-13(20)10-2-4-11(15)5-3-10/h2-5,8H,6-7H2,1H3,(H,16,20)(H,17,18,19). The van der Waals surface area contributed by atoms with Crippen molar-refractivity contribution in [3.8, 4) is 0 Å². The zero-order chi connectivity index (χ0) is 15.2. The Hall–Kier alpha value is -1.92. The number of nitrogens with zero attached hydrogens (tertiary/aromatic N) is 1. The molecule has 2 amide bonds. The van der Waals surface area contributed by atoms with Gasteiger partial charge in [0.25, 0.3) is 5.91 Å². The number of amides is 2. The van der Waals surface area contributed by atoms with Crippen LogP contribution in [0.2, 0.25) is 5.02 Å². The average molecular weight is 324 g/mol. The summed E-state index contributed by atoms with van der Waals surface area (Å²) in [6, 6.07) is 6.56. The van der Waals surface area contributed by atoms with Gasteiger partial charge in [-0.15, -0.1) is 11.3 Å². The van der Waals surface area contributed by atoms with Gasteiger partial charge in [0.05, 0.1) is 0 Å². The van der Waals surface area contributed by atoms with Crippen molar-refractivity contribution in [2.24, 2.45) is 0 Å². The van der Waals surface area contributed by atoms with E-state index in [1.165, 1.54) is 11.3 Å². The fraction of sp³-hybridized carbons (Fsp3) is 0.214. The van der Waals surface area contributed by atoms with Crippen molar-refractivity contribution in [1.82, 2.24) is 10.3 Å². The first kappa shape index (κ1) is 15.5. The van der Waals surface area contributed by atoms with Gasteiger partial charge in [-0.25, -0.2) is 4.98 Å². The van der Waals surface area contributed by atoms with E-state index < -0.39 is 0 Å². The molecule has 7 heteroatoms. The third-order valence-electron chi connectivity index (χ3n) is 2.61. The highest BCUT2D eigenvalue weighted by atomic mass is 35.5. The minimum Gasteiger partial charge on any atom is -0.352 e.